The Kier molecular flexibility index (Phi) is 3.21. The summed E-state index contributed by atoms with van der Waals surface area (Å²) >= 11 is 0. The number of carbonyl (C=O) groups is 2. The summed E-state index contributed by atoms with van der Waals surface area (Å²) in [6.07, 6.45) is -0.250. The molecule has 0 saturated carbocycles. The van der Waals surface area contributed by atoms with Gasteiger partial charge in [0.1, 0.15) is 6.04 Å². The highest BCUT2D eigenvalue weighted by atomic mass is 16.4. The topological polar surface area (TPSA) is 101 Å². The van der Waals surface area contributed by atoms with Gasteiger partial charge in [0.2, 0.25) is 0 Å². The van der Waals surface area contributed by atoms with Gasteiger partial charge in [0.05, 0.1) is 6.42 Å². The molecule has 0 bridgehead atoms. The van der Waals surface area contributed by atoms with Gasteiger partial charge in [-0.15, -0.1) is 0 Å². The molecule has 0 spiro atoms. The molecule has 0 rings (SSSR count). The van der Waals surface area contributed by atoms with Gasteiger partial charge in [-0.25, -0.2) is 0 Å². The highest BCUT2D eigenvalue weighted by Gasteiger charge is 2.33. The Morgan fingerprint density at radius 2 is 1.83 bits per heavy atom. The maximum atomic E-state index is 10.4. The highest BCUT2D eigenvalue weighted by Crippen LogP contribution is 2.23. The van der Waals surface area contributed by atoms with Crippen LogP contribution in [0.5, 0.6) is 0 Å². The van der Waals surface area contributed by atoms with Crippen LogP contribution in [-0.4, -0.2) is 28.2 Å². The van der Waals surface area contributed by atoms with E-state index in [4.69, 9.17) is 15.9 Å². The molecule has 0 radical (unpaired) electrons. The molecule has 0 amide bonds. The summed E-state index contributed by atoms with van der Waals surface area (Å²) in [5.41, 5.74) is 4.36. The Morgan fingerprint density at radius 3 is 2.08 bits per heavy atom. The molecule has 5 heteroatoms. The van der Waals surface area contributed by atoms with Gasteiger partial charge in [0.15, 0.2) is 0 Å². The zero-order chi connectivity index (χ0) is 9.94. The van der Waals surface area contributed by atoms with Crippen LogP contribution >= 0.6 is 0 Å². The van der Waals surface area contributed by atoms with Crippen molar-refractivity contribution in [3.63, 3.8) is 0 Å². The van der Waals surface area contributed by atoms with E-state index in [1.807, 2.05) is 0 Å². The average Bonchev–Trinajstić information content (AvgIpc) is 1.82. The van der Waals surface area contributed by atoms with Crippen LogP contribution in [0.3, 0.4) is 0 Å². The molecule has 0 aromatic heterocycles. The summed E-state index contributed by atoms with van der Waals surface area (Å²) in [6, 6.07) is -1.14. The van der Waals surface area contributed by atoms with Crippen LogP contribution in [0.2, 0.25) is 0 Å². The maximum absolute atomic E-state index is 10.4. The predicted octanol–water partition coefficient (Wildman–Crippen LogP) is -0.101. The summed E-state index contributed by atoms with van der Waals surface area (Å²) in [6.45, 7) is 3.03. The van der Waals surface area contributed by atoms with Crippen molar-refractivity contribution in [2.45, 2.75) is 26.3 Å². The van der Waals surface area contributed by atoms with Gasteiger partial charge < -0.3 is 15.9 Å². The number of aliphatic carboxylic acids is 2. The predicted molar refractivity (Wildman–Crippen MR) is 41.6 cm³/mol. The van der Waals surface area contributed by atoms with Crippen molar-refractivity contribution in [2.24, 2.45) is 11.1 Å². The van der Waals surface area contributed by atoms with Crippen molar-refractivity contribution in [3.05, 3.63) is 0 Å². The quantitative estimate of drug-likeness (QED) is 0.553. The van der Waals surface area contributed by atoms with Gasteiger partial charge >= 0.3 is 11.9 Å². The van der Waals surface area contributed by atoms with Crippen LogP contribution in [0.1, 0.15) is 20.3 Å². The molecule has 70 valence electrons. The van der Waals surface area contributed by atoms with Gasteiger partial charge in [-0.3, -0.25) is 9.59 Å². The first kappa shape index (κ1) is 10.9. The number of hydrogen-bond donors (Lipinski definition) is 3. The third kappa shape index (κ3) is 2.87. The molecule has 0 aliphatic rings. The lowest BCUT2D eigenvalue weighted by Gasteiger charge is -2.26. The lowest BCUT2D eigenvalue weighted by atomic mass is 9.82. The van der Waals surface area contributed by atoms with E-state index in [0.29, 0.717) is 0 Å². The summed E-state index contributed by atoms with van der Waals surface area (Å²) in [7, 11) is 0. The second-order valence-corrected chi connectivity index (χ2v) is 3.38. The number of rotatable bonds is 4. The number of nitrogens with two attached hydrogens (primary N) is 1. The van der Waals surface area contributed by atoms with Crippen molar-refractivity contribution in [3.8, 4) is 0 Å². The van der Waals surface area contributed by atoms with Crippen LogP contribution in [0, 0.1) is 5.41 Å². The van der Waals surface area contributed by atoms with Gasteiger partial charge in [-0.05, 0) is 0 Å². The molecule has 0 aromatic carbocycles. The fourth-order valence-electron chi connectivity index (χ4n) is 0.834. The van der Waals surface area contributed by atoms with Crippen LogP contribution < -0.4 is 5.73 Å². The monoisotopic (exact) mass is 175 g/mol. The summed E-state index contributed by atoms with van der Waals surface area (Å²) in [5, 5.41) is 16.9. The van der Waals surface area contributed by atoms with E-state index >= 15 is 0 Å². The number of carboxylic acids is 2. The molecule has 0 saturated heterocycles. The lowest BCUT2D eigenvalue weighted by Crippen LogP contribution is -2.44. The van der Waals surface area contributed by atoms with Crippen LogP contribution in [0.4, 0.5) is 0 Å². The minimum absolute atomic E-state index is 0.250. The Labute approximate surface area is 70.2 Å². The molecule has 5 nitrogen and oxygen atoms in total. The fourth-order valence-corrected chi connectivity index (χ4v) is 0.834. The summed E-state index contributed by atoms with van der Waals surface area (Å²) in [4.78, 5) is 20.7. The molecule has 0 heterocycles. The normalized spacial score (nSPS) is 13.9. The van der Waals surface area contributed by atoms with Gasteiger partial charge in [0.25, 0.3) is 0 Å². The van der Waals surface area contributed by atoms with Crippen LogP contribution in [0.15, 0.2) is 0 Å². The Morgan fingerprint density at radius 1 is 1.42 bits per heavy atom. The molecule has 1 atom stereocenters. The zero-order valence-corrected chi connectivity index (χ0v) is 7.07. The second-order valence-electron chi connectivity index (χ2n) is 3.38. The second kappa shape index (κ2) is 3.53. The van der Waals surface area contributed by atoms with Crippen molar-refractivity contribution >= 4 is 11.9 Å². The van der Waals surface area contributed by atoms with Crippen LogP contribution in [-0.2, 0) is 9.59 Å². The number of carboxylic acid groups (broad SMARTS) is 2. The molecule has 0 unspecified atom stereocenters. The van der Waals surface area contributed by atoms with E-state index in [2.05, 4.69) is 0 Å². The number of hydrogen-bond acceptors (Lipinski definition) is 3. The van der Waals surface area contributed by atoms with Crippen molar-refractivity contribution in [1.29, 1.82) is 0 Å². The average molecular weight is 175 g/mol. The molecule has 0 fully saturated rings. The molecular formula is C7H13NO4. The van der Waals surface area contributed by atoms with Crippen molar-refractivity contribution in [1.82, 2.24) is 0 Å². The molecular weight excluding hydrogens is 162 g/mol. The van der Waals surface area contributed by atoms with E-state index < -0.39 is 23.4 Å². The largest absolute Gasteiger partial charge is 0.481 e. The first-order valence-electron chi connectivity index (χ1n) is 3.47. The van der Waals surface area contributed by atoms with E-state index in [9.17, 15) is 9.59 Å². The van der Waals surface area contributed by atoms with E-state index in [0.717, 1.165) is 0 Å². The first-order chi connectivity index (χ1) is 5.27. The minimum Gasteiger partial charge on any atom is -0.481 e. The molecule has 0 aromatic rings. The third-order valence-electron chi connectivity index (χ3n) is 1.71. The maximum Gasteiger partial charge on any atom is 0.321 e. The van der Waals surface area contributed by atoms with E-state index in [-0.39, 0.29) is 6.42 Å². The zero-order valence-electron chi connectivity index (χ0n) is 7.07. The SMILES string of the molecule is CC(C)(CC(=O)O)[C@H](N)C(=O)O. The highest BCUT2D eigenvalue weighted by molar-refractivity contribution is 5.76. The Bertz CT molecular complexity index is 200. The van der Waals surface area contributed by atoms with E-state index in [1.54, 1.807) is 0 Å². The molecule has 4 N–H and O–H groups in total. The summed E-state index contributed by atoms with van der Waals surface area (Å²) in [5.74, 6) is -2.22. The van der Waals surface area contributed by atoms with Gasteiger partial charge in [-0.2, -0.15) is 0 Å². The Balaban J connectivity index is 4.38. The standard InChI is InChI=1S/C7H13NO4/c1-7(2,3-4(9)10)5(8)6(11)12/h5H,3,8H2,1-2H3,(H,9,10)(H,11,12)/t5-/m1/s1. The molecule has 0 aliphatic heterocycles. The smallest absolute Gasteiger partial charge is 0.321 e. The van der Waals surface area contributed by atoms with E-state index in [1.165, 1.54) is 13.8 Å². The fraction of sp³-hybridized carbons (Fsp3) is 0.714. The van der Waals surface area contributed by atoms with Gasteiger partial charge in [0, 0.05) is 5.41 Å². The van der Waals surface area contributed by atoms with Crippen LogP contribution in [0.25, 0.3) is 0 Å². The minimum atomic E-state index is -1.18. The summed E-state index contributed by atoms with van der Waals surface area (Å²) < 4.78 is 0. The first-order valence-corrected chi connectivity index (χ1v) is 3.47. The lowest BCUT2D eigenvalue weighted by molar-refractivity contribution is -0.144. The van der Waals surface area contributed by atoms with Crippen molar-refractivity contribution < 1.29 is 19.8 Å². The molecule has 12 heavy (non-hydrogen) atoms. The van der Waals surface area contributed by atoms with Crippen molar-refractivity contribution in [2.75, 3.05) is 0 Å². The molecule has 0 aliphatic carbocycles. The Hall–Kier alpha value is -1.10. The van der Waals surface area contributed by atoms with Gasteiger partial charge in [-0.1, -0.05) is 13.8 Å². The third-order valence-corrected chi connectivity index (χ3v) is 1.71.